The number of nitrogens with one attached hydrogen (secondary N) is 1. The number of hydrogen-bond acceptors (Lipinski definition) is 4. The molecule has 0 saturated heterocycles. The van der Waals surface area contributed by atoms with Crippen molar-refractivity contribution in [1.82, 2.24) is 9.47 Å². The number of para-hydroxylation sites is 1. The zero-order chi connectivity index (χ0) is 21.0. The minimum Gasteiger partial charge on any atom is -0.408 e. The molecule has 0 aliphatic carbocycles. The normalized spacial score (nSPS) is 10.9. The second kappa shape index (κ2) is 8.96. The molecule has 1 N–H and O–H groups in total. The lowest BCUT2D eigenvalue weighted by Crippen LogP contribution is -2.35. The first-order valence-electron chi connectivity index (χ1n) is 9.29. The third-order valence-corrected chi connectivity index (χ3v) is 4.89. The molecule has 0 saturated carbocycles. The lowest BCUT2D eigenvalue weighted by atomic mass is 10.1. The largest absolute Gasteiger partial charge is 0.419 e. The monoisotopic (exact) mass is 415 g/mol. The fourth-order valence-corrected chi connectivity index (χ4v) is 3.26. The molecule has 1 heterocycles. The van der Waals surface area contributed by atoms with Crippen LogP contribution in [0.25, 0.3) is 11.1 Å². The molecule has 0 radical (unpaired) electrons. The highest BCUT2D eigenvalue weighted by Gasteiger charge is 2.16. The van der Waals surface area contributed by atoms with Crippen molar-refractivity contribution in [2.75, 3.05) is 18.9 Å². The van der Waals surface area contributed by atoms with Crippen molar-refractivity contribution in [3.05, 3.63) is 63.6 Å². The van der Waals surface area contributed by atoms with Gasteiger partial charge in [0.1, 0.15) is 0 Å². The molecule has 0 unspecified atom stereocenters. The molecule has 7 nitrogen and oxygen atoms in total. The average Bonchev–Trinajstić information content (AvgIpc) is 3.00. The van der Waals surface area contributed by atoms with Gasteiger partial charge in [-0.25, -0.2) is 4.79 Å². The van der Waals surface area contributed by atoms with Gasteiger partial charge in [0.15, 0.2) is 5.58 Å². The quantitative estimate of drug-likeness (QED) is 0.641. The van der Waals surface area contributed by atoms with Gasteiger partial charge in [0.2, 0.25) is 11.8 Å². The van der Waals surface area contributed by atoms with Crippen LogP contribution in [0.2, 0.25) is 5.02 Å². The van der Waals surface area contributed by atoms with Crippen LogP contribution in [0, 0.1) is 0 Å². The van der Waals surface area contributed by atoms with Gasteiger partial charge >= 0.3 is 5.76 Å². The van der Waals surface area contributed by atoms with Gasteiger partial charge in [-0.15, -0.1) is 0 Å². The summed E-state index contributed by atoms with van der Waals surface area (Å²) in [6.45, 7) is 2.08. The Balaban J connectivity index is 1.59. The van der Waals surface area contributed by atoms with E-state index < -0.39 is 5.76 Å². The van der Waals surface area contributed by atoms with Crippen LogP contribution < -0.4 is 11.1 Å². The van der Waals surface area contributed by atoms with E-state index >= 15 is 0 Å². The number of likely N-dealkylation sites (N-methyl/N-ethyl adjacent to an activating group) is 1. The molecule has 2 aromatic carbocycles. The number of anilines is 1. The van der Waals surface area contributed by atoms with Crippen molar-refractivity contribution >= 4 is 40.2 Å². The number of benzene rings is 2. The van der Waals surface area contributed by atoms with Crippen LogP contribution in [0.1, 0.15) is 18.9 Å². The number of carbonyl (C=O) groups is 2. The molecule has 8 heteroatoms. The predicted molar refractivity (Wildman–Crippen MR) is 112 cm³/mol. The SMILES string of the molecule is CCc1ccccc1NC(=O)CN(C)C(=O)CCn1c(=O)oc2cc(Cl)ccc21. The Hall–Kier alpha value is -3.06. The van der Waals surface area contributed by atoms with Gasteiger partial charge in [0.05, 0.1) is 12.1 Å². The molecule has 0 aliphatic rings. The average molecular weight is 416 g/mol. The highest BCUT2D eigenvalue weighted by molar-refractivity contribution is 6.31. The topological polar surface area (TPSA) is 84.5 Å². The highest BCUT2D eigenvalue weighted by atomic mass is 35.5. The van der Waals surface area contributed by atoms with Crippen molar-refractivity contribution in [2.24, 2.45) is 0 Å². The molecule has 0 atom stereocenters. The maximum atomic E-state index is 12.4. The van der Waals surface area contributed by atoms with E-state index in [9.17, 15) is 14.4 Å². The molecule has 3 rings (SSSR count). The summed E-state index contributed by atoms with van der Waals surface area (Å²) in [5.74, 6) is -1.08. The summed E-state index contributed by atoms with van der Waals surface area (Å²) in [4.78, 5) is 38.1. The van der Waals surface area contributed by atoms with E-state index in [0.717, 1.165) is 17.7 Å². The van der Waals surface area contributed by atoms with Gasteiger partial charge in [-0.2, -0.15) is 0 Å². The summed E-state index contributed by atoms with van der Waals surface area (Å²) < 4.78 is 6.54. The number of oxazole rings is 1. The molecule has 3 aromatic rings. The van der Waals surface area contributed by atoms with Gasteiger partial charge < -0.3 is 14.6 Å². The maximum absolute atomic E-state index is 12.4. The van der Waals surface area contributed by atoms with E-state index in [1.54, 1.807) is 25.2 Å². The number of nitrogens with zero attached hydrogens (tertiary/aromatic N) is 2. The van der Waals surface area contributed by atoms with Crippen LogP contribution in [0.15, 0.2) is 51.7 Å². The smallest absolute Gasteiger partial charge is 0.408 e. The van der Waals surface area contributed by atoms with E-state index in [4.69, 9.17) is 16.0 Å². The van der Waals surface area contributed by atoms with Crippen LogP contribution in [0.3, 0.4) is 0 Å². The summed E-state index contributed by atoms with van der Waals surface area (Å²) >= 11 is 5.90. The number of carbonyl (C=O) groups excluding carboxylic acids is 2. The third-order valence-electron chi connectivity index (χ3n) is 4.66. The van der Waals surface area contributed by atoms with Crippen molar-refractivity contribution in [3.63, 3.8) is 0 Å². The van der Waals surface area contributed by atoms with Gasteiger partial charge in [0.25, 0.3) is 0 Å². The molecular weight excluding hydrogens is 394 g/mol. The number of rotatable bonds is 7. The first-order valence-corrected chi connectivity index (χ1v) is 9.67. The lowest BCUT2D eigenvalue weighted by molar-refractivity contribution is -0.133. The van der Waals surface area contributed by atoms with E-state index in [0.29, 0.717) is 16.1 Å². The molecule has 0 fully saturated rings. The van der Waals surface area contributed by atoms with E-state index in [-0.39, 0.29) is 31.3 Å². The zero-order valence-electron chi connectivity index (χ0n) is 16.3. The van der Waals surface area contributed by atoms with E-state index in [2.05, 4.69) is 5.32 Å². The molecule has 2 amide bonds. The second-order valence-corrected chi connectivity index (χ2v) is 7.13. The Morgan fingerprint density at radius 2 is 1.97 bits per heavy atom. The number of hydrogen-bond donors (Lipinski definition) is 1. The lowest BCUT2D eigenvalue weighted by Gasteiger charge is -2.17. The van der Waals surface area contributed by atoms with Crippen LogP contribution in [0.5, 0.6) is 0 Å². The summed E-state index contributed by atoms with van der Waals surface area (Å²) in [5.41, 5.74) is 2.72. The van der Waals surface area contributed by atoms with Crippen LogP contribution in [0.4, 0.5) is 5.69 Å². The number of halogens is 1. The highest BCUT2D eigenvalue weighted by Crippen LogP contribution is 2.19. The number of amides is 2. The number of aryl methyl sites for hydroxylation is 2. The van der Waals surface area contributed by atoms with E-state index in [1.807, 2.05) is 31.2 Å². The second-order valence-electron chi connectivity index (χ2n) is 6.69. The minimum atomic E-state index is -0.549. The molecule has 0 spiro atoms. The zero-order valence-corrected chi connectivity index (χ0v) is 17.0. The fourth-order valence-electron chi connectivity index (χ4n) is 3.09. The van der Waals surface area contributed by atoms with Gasteiger partial charge in [0, 0.05) is 36.8 Å². The maximum Gasteiger partial charge on any atom is 0.419 e. The van der Waals surface area contributed by atoms with Crippen molar-refractivity contribution < 1.29 is 14.0 Å². The fraction of sp³-hybridized carbons (Fsp3) is 0.286. The molecule has 0 aliphatic heterocycles. The van der Waals surface area contributed by atoms with Gasteiger partial charge in [-0.1, -0.05) is 36.7 Å². The van der Waals surface area contributed by atoms with Gasteiger partial charge in [-0.3, -0.25) is 14.2 Å². The van der Waals surface area contributed by atoms with Crippen LogP contribution in [-0.2, 0) is 22.6 Å². The Kier molecular flexibility index (Phi) is 6.39. The molecular formula is C21H22ClN3O4. The third kappa shape index (κ3) is 4.86. The number of aromatic nitrogens is 1. The first-order chi connectivity index (χ1) is 13.9. The van der Waals surface area contributed by atoms with Gasteiger partial charge in [-0.05, 0) is 30.2 Å². The van der Waals surface area contributed by atoms with Crippen molar-refractivity contribution in [1.29, 1.82) is 0 Å². The Morgan fingerprint density at radius 3 is 2.72 bits per heavy atom. The molecule has 0 bridgehead atoms. The van der Waals surface area contributed by atoms with Crippen LogP contribution in [-0.4, -0.2) is 34.9 Å². The van der Waals surface area contributed by atoms with Crippen LogP contribution >= 0.6 is 11.6 Å². The Labute approximate surface area is 172 Å². The molecule has 152 valence electrons. The summed E-state index contributed by atoms with van der Waals surface area (Å²) in [7, 11) is 1.56. The van der Waals surface area contributed by atoms with Crippen molar-refractivity contribution in [3.8, 4) is 0 Å². The Bertz CT molecular complexity index is 1100. The summed E-state index contributed by atoms with van der Waals surface area (Å²) in [5, 5.41) is 3.30. The predicted octanol–water partition coefficient (Wildman–Crippen LogP) is 3.30. The molecule has 29 heavy (non-hydrogen) atoms. The van der Waals surface area contributed by atoms with E-state index in [1.165, 1.54) is 9.47 Å². The minimum absolute atomic E-state index is 0.0620. The Morgan fingerprint density at radius 1 is 1.21 bits per heavy atom. The first kappa shape index (κ1) is 20.7. The molecule has 1 aromatic heterocycles. The summed E-state index contributed by atoms with van der Waals surface area (Å²) in [6.07, 6.45) is 0.857. The standard InChI is InChI=1S/C21H22ClN3O4/c1-3-14-6-4-5-7-16(14)23-19(26)13-24(2)20(27)10-11-25-17-9-8-15(22)12-18(17)29-21(25)28/h4-9,12H,3,10-11,13H2,1-2H3,(H,23,26). The van der Waals surface area contributed by atoms with Crippen molar-refractivity contribution in [2.45, 2.75) is 26.3 Å². The number of fused-ring (bicyclic) bond motifs is 1. The summed E-state index contributed by atoms with van der Waals surface area (Å²) in [6, 6.07) is 12.4.